The molecule has 1 saturated heterocycles. The molecule has 0 radical (unpaired) electrons. The van der Waals surface area contributed by atoms with Crippen LogP contribution in [0.3, 0.4) is 0 Å². The van der Waals surface area contributed by atoms with Crippen molar-refractivity contribution in [2.75, 3.05) is 19.6 Å². The Labute approximate surface area is 72.4 Å². The number of nitrogens with zero attached hydrogens (tertiary/aromatic N) is 1. The number of rotatable bonds is 3. The van der Waals surface area contributed by atoms with E-state index in [4.69, 9.17) is 5.11 Å². The van der Waals surface area contributed by atoms with Crippen molar-refractivity contribution in [1.29, 1.82) is 0 Å². The Balaban J connectivity index is 1.72. The third-order valence-electron chi connectivity index (χ3n) is 2.93. The maximum Gasteiger partial charge on any atom is 0.306 e. The van der Waals surface area contributed by atoms with Gasteiger partial charge in [0, 0.05) is 6.54 Å². The van der Waals surface area contributed by atoms with E-state index in [1.54, 1.807) is 0 Å². The first-order valence-corrected chi connectivity index (χ1v) is 4.72. The van der Waals surface area contributed by atoms with Crippen molar-refractivity contribution in [1.82, 2.24) is 4.90 Å². The fourth-order valence-corrected chi connectivity index (χ4v) is 2.05. The van der Waals surface area contributed by atoms with Gasteiger partial charge in [-0.1, -0.05) is 0 Å². The molecule has 2 atom stereocenters. The Hall–Kier alpha value is -0.570. The number of carboxylic acid groups (broad SMARTS) is 1. The zero-order chi connectivity index (χ0) is 8.55. The minimum absolute atomic E-state index is 0.0226. The van der Waals surface area contributed by atoms with E-state index in [9.17, 15) is 4.79 Å². The van der Waals surface area contributed by atoms with Crippen molar-refractivity contribution >= 4 is 5.97 Å². The van der Waals surface area contributed by atoms with Crippen LogP contribution in [0.2, 0.25) is 0 Å². The molecule has 2 rings (SSSR count). The largest absolute Gasteiger partial charge is 0.481 e. The van der Waals surface area contributed by atoms with Crippen molar-refractivity contribution in [2.24, 2.45) is 11.8 Å². The van der Waals surface area contributed by atoms with Crippen LogP contribution in [0, 0.1) is 11.8 Å². The molecule has 1 N–H and O–H groups in total. The second kappa shape index (κ2) is 3.05. The predicted molar refractivity (Wildman–Crippen MR) is 44.9 cm³/mol. The van der Waals surface area contributed by atoms with Crippen LogP contribution in [0.5, 0.6) is 0 Å². The first-order chi connectivity index (χ1) is 5.77. The minimum atomic E-state index is -0.598. The van der Waals surface area contributed by atoms with Gasteiger partial charge in [-0.25, -0.2) is 0 Å². The molecule has 0 aromatic carbocycles. The van der Waals surface area contributed by atoms with Gasteiger partial charge >= 0.3 is 5.97 Å². The first kappa shape index (κ1) is 8.05. The van der Waals surface area contributed by atoms with E-state index in [1.807, 2.05) is 0 Å². The smallest absolute Gasteiger partial charge is 0.306 e. The lowest BCUT2D eigenvalue weighted by Gasteiger charge is -2.13. The third-order valence-corrected chi connectivity index (χ3v) is 2.93. The van der Waals surface area contributed by atoms with E-state index in [2.05, 4.69) is 4.90 Å². The molecule has 3 nitrogen and oxygen atoms in total. The van der Waals surface area contributed by atoms with Crippen LogP contribution in [0.1, 0.15) is 19.3 Å². The maximum absolute atomic E-state index is 10.5. The van der Waals surface area contributed by atoms with Gasteiger partial charge in [-0.15, -0.1) is 0 Å². The van der Waals surface area contributed by atoms with Crippen molar-refractivity contribution in [3.8, 4) is 0 Å². The average Bonchev–Trinajstić information content (AvgIpc) is 2.57. The number of carbonyl (C=O) groups is 1. The van der Waals surface area contributed by atoms with Crippen molar-refractivity contribution < 1.29 is 9.90 Å². The summed E-state index contributed by atoms with van der Waals surface area (Å²) in [5.41, 5.74) is 0. The normalized spacial score (nSPS) is 35.3. The molecule has 1 saturated carbocycles. The van der Waals surface area contributed by atoms with E-state index in [-0.39, 0.29) is 5.92 Å². The van der Waals surface area contributed by atoms with E-state index in [1.165, 1.54) is 25.9 Å². The minimum Gasteiger partial charge on any atom is -0.481 e. The average molecular weight is 169 g/mol. The van der Waals surface area contributed by atoms with E-state index in [0.717, 1.165) is 13.0 Å². The summed E-state index contributed by atoms with van der Waals surface area (Å²) in [6.45, 7) is 3.39. The van der Waals surface area contributed by atoms with Crippen LogP contribution in [-0.4, -0.2) is 35.6 Å². The van der Waals surface area contributed by atoms with E-state index < -0.39 is 5.97 Å². The van der Waals surface area contributed by atoms with Gasteiger partial charge in [0.25, 0.3) is 0 Å². The highest BCUT2D eigenvalue weighted by Gasteiger charge is 2.43. The molecule has 0 amide bonds. The zero-order valence-corrected chi connectivity index (χ0v) is 7.20. The van der Waals surface area contributed by atoms with Gasteiger partial charge in [0.15, 0.2) is 0 Å². The Bertz CT molecular complexity index is 187. The lowest BCUT2D eigenvalue weighted by Crippen LogP contribution is -2.22. The molecule has 2 fully saturated rings. The van der Waals surface area contributed by atoms with Gasteiger partial charge in [-0.3, -0.25) is 4.79 Å². The summed E-state index contributed by atoms with van der Waals surface area (Å²) >= 11 is 0. The third kappa shape index (κ3) is 1.61. The molecular weight excluding hydrogens is 154 g/mol. The molecule has 0 aromatic rings. The molecule has 1 aliphatic heterocycles. The molecule has 1 heterocycles. The summed E-state index contributed by atoms with van der Waals surface area (Å²) in [7, 11) is 0. The molecule has 1 aliphatic carbocycles. The Morgan fingerprint density at radius 1 is 1.42 bits per heavy atom. The van der Waals surface area contributed by atoms with Gasteiger partial charge < -0.3 is 10.0 Å². The predicted octanol–water partition coefficient (Wildman–Crippen LogP) is 0.803. The van der Waals surface area contributed by atoms with Crippen molar-refractivity contribution in [2.45, 2.75) is 19.3 Å². The van der Waals surface area contributed by atoms with E-state index in [0.29, 0.717) is 5.92 Å². The number of hydrogen-bond donors (Lipinski definition) is 1. The Kier molecular flexibility index (Phi) is 2.05. The van der Waals surface area contributed by atoms with Gasteiger partial charge in [0.05, 0.1) is 5.92 Å². The molecule has 2 unspecified atom stereocenters. The second-order valence-corrected chi connectivity index (χ2v) is 3.95. The zero-order valence-electron chi connectivity index (χ0n) is 7.20. The molecule has 0 bridgehead atoms. The summed E-state index contributed by atoms with van der Waals surface area (Å²) in [6, 6.07) is 0. The highest BCUT2D eigenvalue weighted by atomic mass is 16.4. The van der Waals surface area contributed by atoms with Crippen LogP contribution >= 0.6 is 0 Å². The van der Waals surface area contributed by atoms with Gasteiger partial charge in [-0.2, -0.15) is 0 Å². The van der Waals surface area contributed by atoms with Crippen LogP contribution in [-0.2, 0) is 4.79 Å². The lowest BCUT2D eigenvalue weighted by molar-refractivity contribution is -0.138. The fourth-order valence-electron chi connectivity index (χ4n) is 2.05. The van der Waals surface area contributed by atoms with Gasteiger partial charge in [0.2, 0.25) is 0 Å². The van der Waals surface area contributed by atoms with Crippen LogP contribution in [0.15, 0.2) is 0 Å². The van der Waals surface area contributed by atoms with Crippen LogP contribution < -0.4 is 0 Å². The molecule has 2 aliphatic rings. The summed E-state index contributed by atoms with van der Waals surface area (Å²) in [5.74, 6) is -0.162. The number of likely N-dealkylation sites (tertiary alicyclic amines) is 1. The second-order valence-electron chi connectivity index (χ2n) is 3.95. The Morgan fingerprint density at radius 2 is 2.08 bits per heavy atom. The summed E-state index contributed by atoms with van der Waals surface area (Å²) < 4.78 is 0. The number of aliphatic carboxylic acids is 1. The van der Waals surface area contributed by atoms with E-state index >= 15 is 0 Å². The molecule has 12 heavy (non-hydrogen) atoms. The molecule has 0 spiro atoms. The van der Waals surface area contributed by atoms with Gasteiger partial charge in [0.1, 0.15) is 0 Å². The maximum atomic E-state index is 10.5. The summed E-state index contributed by atoms with van der Waals surface area (Å²) in [6.07, 6.45) is 3.50. The van der Waals surface area contributed by atoms with Crippen LogP contribution in [0.4, 0.5) is 0 Å². The SMILES string of the molecule is O=C(O)C1CC1CN1CCCC1. The summed E-state index contributed by atoms with van der Waals surface area (Å²) in [4.78, 5) is 12.9. The number of hydrogen-bond acceptors (Lipinski definition) is 2. The summed E-state index contributed by atoms with van der Waals surface area (Å²) in [5, 5.41) is 8.68. The standard InChI is InChI=1S/C9H15NO2/c11-9(12)8-5-7(8)6-10-3-1-2-4-10/h7-8H,1-6H2,(H,11,12). The quantitative estimate of drug-likeness (QED) is 0.679. The highest BCUT2D eigenvalue weighted by Crippen LogP contribution is 2.39. The molecule has 0 aromatic heterocycles. The monoisotopic (exact) mass is 169 g/mol. The first-order valence-electron chi connectivity index (χ1n) is 4.72. The van der Waals surface area contributed by atoms with Crippen molar-refractivity contribution in [3.05, 3.63) is 0 Å². The van der Waals surface area contributed by atoms with Crippen molar-refractivity contribution in [3.63, 3.8) is 0 Å². The van der Waals surface area contributed by atoms with Crippen LogP contribution in [0.25, 0.3) is 0 Å². The molecule has 3 heteroatoms. The lowest BCUT2D eigenvalue weighted by atomic mass is 10.3. The van der Waals surface area contributed by atoms with Gasteiger partial charge in [-0.05, 0) is 38.3 Å². The molecule has 68 valence electrons. The fraction of sp³-hybridized carbons (Fsp3) is 0.889. The highest BCUT2D eigenvalue weighted by molar-refractivity contribution is 5.73. The molecular formula is C9H15NO2. The topological polar surface area (TPSA) is 40.5 Å². The number of carboxylic acids is 1. The Morgan fingerprint density at radius 3 is 2.58 bits per heavy atom.